The molecule has 1 aliphatic heterocycles. The van der Waals surface area contributed by atoms with Gasteiger partial charge in [-0.1, -0.05) is 6.92 Å². The Balaban J connectivity index is 1.62. The SMILES string of the molecule is CC[C@@H](NC(=O)CCc1c(C)c2ccc(OC)cc2oc1=O)C(=O)N1CCC(C(=O)O)CC1. The fourth-order valence-corrected chi connectivity index (χ4v) is 4.20. The number of hydrogen-bond donors (Lipinski definition) is 2. The van der Waals surface area contributed by atoms with Crippen LogP contribution < -0.4 is 15.7 Å². The molecule has 3 rings (SSSR count). The molecule has 1 aliphatic rings. The predicted molar refractivity (Wildman–Crippen MR) is 121 cm³/mol. The standard InChI is InChI=1S/C24H30N2O7/c1-4-19(22(28)26-11-9-15(10-12-26)23(29)30)25-21(27)8-7-18-14(2)17-6-5-16(32-3)13-20(17)33-24(18)31/h5-6,13,15,19H,4,7-12H2,1-3H3,(H,25,27)(H,29,30)/t19-/m1/s1. The van der Waals surface area contributed by atoms with Gasteiger partial charge in [0, 0.05) is 36.5 Å². The first-order valence-electron chi connectivity index (χ1n) is 11.2. The van der Waals surface area contributed by atoms with Crippen LogP contribution in [0.15, 0.2) is 27.4 Å². The molecule has 2 heterocycles. The van der Waals surface area contributed by atoms with Crippen LogP contribution in [0, 0.1) is 12.8 Å². The van der Waals surface area contributed by atoms with Crippen molar-refractivity contribution in [1.82, 2.24) is 10.2 Å². The first kappa shape index (κ1) is 24.3. The molecule has 0 saturated carbocycles. The molecule has 1 atom stereocenters. The van der Waals surface area contributed by atoms with E-state index in [9.17, 15) is 19.2 Å². The van der Waals surface area contributed by atoms with E-state index in [-0.39, 0.29) is 24.7 Å². The van der Waals surface area contributed by atoms with Gasteiger partial charge in [-0.3, -0.25) is 14.4 Å². The number of aryl methyl sites for hydroxylation is 1. The summed E-state index contributed by atoms with van der Waals surface area (Å²) in [5.74, 6) is -1.22. The molecule has 0 radical (unpaired) electrons. The van der Waals surface area contributed by atoms with Gasteiger partial charge in [-0.05, 0) is 50.3 Å². The zero-order valence-corrected chi connectivity index (χ0v) is 19.2. The van der Waals surface area contributed by atoms with Crippen molar-refractivity contribution in [2.75, 3.05) is 20.2 Å². The summed E-state index contributed by atoms with van der Waals surface area (Å²) in [6, 6.07) is 4.56. The molecule has 0 spiro atoms. The number of ether oxygens (including phenoxy) is 1. The van der Waals surface area contributed by atoms with Gasteiger partial charge in [0.15, 0.2) is 0 Å². The highest BCUT2D eigenvalue weighted by molar-refractivity contribution is 5.88. The van der Waals surface area contributed by atoms with Crippen LogP contribution in [0.1, 0.15) is 43.7 Å². The van der Waals surface area contributed by atoms with Crippen LogP contribution in [-0.2, 0) is 20.8 Å². The monoisotopic (exact) mass is 458 g/mol. The third-order valence-electron chi connectivity index (χ3n) is 6.29. The maximum absolute atomic E-state index is 12.8. The molecular formula is C24H30N2O7. The number of piperidine rings is 1. The van der Waals surface area contributed by atoms with Crippen molar-refractivity contribution >= 4 is 28.8 Å². The molecule has 2 aromatic rings. The van der Waals surface area contributed by atoms with E-state index < -0.39 is 23.6 Å². The number of hydrogen-bond acceptors (Lipinski definition) is 6. The van der Waals surface area contributed by atoms with Gasteiger partial charge in [-0.2, -0.15) is 0 Å². The summed E-state index contributed by atoms with van der Waals surface area (Å²) in [5.41, 5.74) is 1.11. The zero-order chi connectivity index (χ0) is 24.1. The van der Waals surface area contributed by atoms with Crippen molar-refractivity contribution in [3.05, 3.63) is 39.7 Å². The van der Waals surface area contributed by atoms with Crippen LogP contribution in [-0.4, -0.2) is 54.0 Å². The number of nitrogens with one attached hydrogen (secondary N) is 1. The van der Waals surface area contributed by atoms with E-state index in [1.54, 1.807) is 17.0 Å². The molecule has 2 N–H and O–H groups in total. The molecule has 33 heavy (non-hydrogen) atoms. The summed E-state index contributed by atoms with van der Waals surface area (Å²) in [6.45, 7) is 4.36. The number of carbonyl (C=O) groups excluding carboxylic acids is 2. The Morgan fingerprint density at radius 1 is 1.27 bits per heavy atom. The van der Waals surface area contributed by atoms with Gasteiger partial charge in [0.25, 0.3) is 0 Å². The van der Waals surface area contributed by atoms with Gasteiger partial charge in [0.1, 0.15) is 17.4 Å². The summed E-state index contributed by atoms with van der Waals surface area (Å²) in [6.07, 6.45) is 1.47. The highest BCUT2D eigenvalue weighted by atomic mass is 16.5. The molecular weight excluding hydrogens is 428 g/mol. The van der Waals surface area contributed by atoms with Crippen molar-refractivity contribution in [2.24, 2.45) is 5.92 Å². The first-order valence-corrected chi connectivity index (χ1v) is 11.2. The molecule has 1 aromatic heterocycles. The van der Waals surface area contributed by atoms with E-state index in [0.717, 1.165) is 10.9 Å². The topological polar surface area (TPSA) is 126 Å². The van der Waals surface area contributed by atoms with Crippen molar-refractivity contribution in [1.29, 1.82) is 0 Å². The van der Waals surface area contributed by atoms with Gasteiger partial charge in [-0.25, -0.2) is 4.79 Å². The molecule has 178 valence electrons. The maximum Gasteiger partial charge on any atom is 0.339 e. The Bertz CT molecular complexity index is 1100. The summed E-state index contributed by atoms with van der Waals surface area (Å²) in [7, 11) is 1.53. The summed E-state index contributed by atoms with van der Waals surface area (Å²) in [5, 5.41) is 12.7. The molecule has 0 unspecified atom stereocenters. The minimum atomic E-state index is -0.838. The van der Waals surface area contributed by atoms with Gasteiger partial charge < -0.3 is 24.5 Å². The van der Waals surface area contributed by atoms with Crippen molar-refractivity contribution in [3.8, 4) is 5.75 Å². The summed E-state index contributed by atoms with van der Waals surface area (Å²) >= 11 is 0. The van der Waals surface area contributed by atoms with E-state index in [2.05, 4.69) is 5.32 Å². The normalized spacial score (nSPS) is 15.3. The number of carbonyl (C=O) groups is 3. The van der Waals surface area contributed by atoms with Gasteiger partial charge in [-0.15, -0.1) is 0 Å². The lowest BCUT2D eigenvalue weighted by molar-refractivity contribution is -0.146. The molecule has 1 fully saturated rings. The Morgan fingerprint density at radius 3 is 2.58 bits per heavy atom. The minimum absolute atomic E-state index is 0.0398. The number of carboxylic acid groups (broad SMARTS) is 1. The lowest BCUT2D eigenvalue weighted by Crippen LogP contribution is -2.51. The van der Waals surface area contributed by atoms with Crippen LogP contribution in [0.4, 0.5) is 0 Å². The Hall–Kier alpha value is -3.36. The Labute approximate surface area is 191 Å². The smallest absolute Gasteiger partial charge is 0.339 e. The predicted octanol–water partition coefficient (Wildman–Crippen LogP) is 2.26. The quantitative estimate of drug-likeness (QED) is 0.581. The van der Waals surface area contributed by atoms with E-state index in [1.165, 1.54) is 7.11 Å². The average Bonchev–Trinajstić information content (AvgIpc) is 2.81. The lowest BCUT2D eigenvalue weighted by atomic mass is 9.96. The maximum atomic E-state index is 12.8. The second-order valence-electron chi connectivity index (χ2n) is 8.32. The van der Waals surface area contributed by atoms with Crippen LogP contribution in [0.5, 0.6) is 5.75 Å². The minimum Gasteiger partial charge on any atom is -0.497 e. The molecule has 1 saturated heterocycles. The van der Waals surface area contributed by atoms with Crippen molar-refractivity contribution < 1.29 is 28.6 Å². The highest BCUT2D eigenvalue weighted by Gasteiger charge is 2.30. The Kier molecular flexibility index (Phi) is 7.73. The van der Waals surface area contributed by atoms with Gasteiger partial charge in [0.05, 0.1) is 13.0 Å². The molecule has 9 nitrogen and oxygen atoms in total. The van der Waals surface area contributed by atoms with Crippen LogP contribution in [0.25, 0.3) is 11.0 Å². The molecule has 0 aliphatic carbocycles. The van der Waals surface area contributed by atoms with Crippen molar-refractivity contribution in [2.45, 2.75) is 52.0 Å². The van der Waals surface area contributed by atoms with Crippen LogP contribution in [0.2, 0.25) is 0 Å². The van der Waals surface area contributed by atoms with Gasteiger partial charge >= 0.3 is 11.6 Å². The third kappa shape index (κ3) is 5.53. The summed E-state index contributed by atoms with van der Waals surface area (Å²) < 4.78 is 10.6. The molecule has 1 aromatic carbocycles. The summed E-state index contributed by atoms with van der Waals surface area (Å²) in [4.78, 5) is 50.6. The second kappa shape index (κ2) is 10.5. The molecule has 0 bridgehead atoms. The number of aliphatic carboxylic acids is 1. The number of amides is 2. The first-order chi connectivity index (χ1) is 15.7. The number of rotatable bonds is 8. The number of benzene rings is 1. The second-order valence-corrected chi connectivity index (χ2v) is 8.32. The fourth-order valence-electron chi connectivity index (χ4n) is 4.20. The lowest BCUT2D eigenvalue weighted by Gasteiger charge is -2.32. The van der Waals surface area contributed by atoms with E-state index in [0.29, 0.717) is 49.2 Å². The molecule has 9 heteroatoms. The van der Waals surface area contributed by atoms with Crippen molar-refractivity contribution in [3.63, 3.8) is 0 Å². The fraction of sp³-hybridized carbons (Fsp3) is 0.500. The number of likely N-dealkylation sites (tertiary alicyclic amines) is 1. The number of carboxylic acids is 1. The number of fused-ring (bicyclic) bond motifs is 1. The molecule has 2 amide bonds. The number of nitrogens with zero attached hydrogens (tertiary/aromatic N) is 1. The largest absolute Gasteiger partial charge is 0.497 e. The third-order valence-corrected chi connectivity index (χ3v) is 6.29. The number of methoxy groups -OCH3 is 1. The average molecular weight is 459 g/mol. The van der Waals surface area contributed by atoms with Gasteiger partial charge in [0.2, 0.25) is 11.8 Å². The Morgan fingerprint density at radius 2 is 1.97 bits per heavy atom. The van der Waals surface area contributed by atoms with Crippen LogP contribution >= 0.6 is 0 Å². The van der Waals surface area contributed by atoms with Crippen LogP contribution in [0.3, 0.4) is 0 Å². The van der Waals surface area contributed by atoms with E-state index in [4.69, 9.17) is 14.3 Å². The highest BCUT2D eigenvalue weighted by Crippen LogP contribution is 2.24. The van der Waals surface area contributed by atoms with E-state index >= 15 is 0 Å². The van der Waals surface area contributed by atoms with E-state index in [1.807, 2.05) is 19.9 Å². The zero-order valence-electron chi connectivity index (χ0n) is 19.2.